The van der Waals surface area contributed by atoms with Crippen molar-refractivity contribution in [2.75, 3.05) is 33.8 Å². The predicted molar refractivity (Wildman–Crippen MR) is 114 cm³/mol. The molecular weight excluding hydrogens is 364 g/mol. The zero-order chi connectivity index (χ0) is 20.7. The highest BCUT2D eigenvalue weighted by Gasteiger charge is 2.44. The average Bonchev–Trinajstić information content (AvgIpc) is 3.36. The Bertz CT molecular complexity index is 739. The fourth-order valence-electron chi connectivity index (χ4n) is 5.43. The molecule has 6 nitrogen and oxygen atoms in total. The molecule has 4 atom stereocenters. The molecule has 4 rings (SSSR count). The first-order valence-corrected chi connectivity index (χ1v) is 11.4. The summed E-state index contributed by atoms with van der Waals surface area (Å²) in [6.07, 6.45) is 6.63. The molecule has 0 radical (unpaired) electrons. The van der Waals surface area contributed by atoms with E-state index in [0.717, 1.165) is 50.6 Å². The number of hydrogen-bond acceptors (Lipinski definition) is 4. The summed E-state index contributed by atoms with van der Waals surface area (Å²) < 4.78 is 8.28. The Hall–Kier alpha value is -1.40. The van der Waals surface area contributed by atoms with Crippen molar-refractivity contribution in [2.45, 2.75) is 64.5 Å². The summed E-state index contributed by atoms with van der Waals surface area (Å²) in [6.45, 7) is 6.90. The molecule has 1 saturated heterocycles. The fraction of sp³-hybridized carbons (Fsp3) is 0.826. The molecule has 0 spiro atoms. The Labute approximate surface area is 175 Å². The predicted octanol–water partition coefficient (Wildman–Crippen LogP) is 2.56. The molecule has 3 aliphatic rings. The number of nitrogens with zero attached hydrogens (tertiary/aromatic N) is 4. The average molecular weight is 403 g/mol. The summed E-state index contributed by atoms with van der Waals surface area (Å²) in [5.74, 6) is 2.32. The number of likely N-dealkylation sites (tertiary alicyclic amines) is 1. The summed E-state index contributed by atoms with van der Waals surface area (Å²) in [5, 5.41) is 4.49. The minimum Gasteiger partial charge on any atom is -0.376 e. The summed E-state index contributed by atoms with van der Waals surface area (Å²) in [5.41, 5.74) is 3.46. The maximum atomic E-state index is 13.0. The second-order valence-electron chi connectivity index (χ2n) is 9.91. The van der Waals surface area contributed by atoms with E-state index in [0.29, 0.717) is 36.3 Å². The van der Waals surface area contributed by atoms with E-state index in [9.17, 15) is 4.79 Å². The molecule has 6 heteroatoms. The Morgan fingerprint density at radius 3 is 2.45 bits per heavy atom. The van der Waals surface area contributed by atoms with Gasteiger partial charge >= 0.3 is 0 Å². The van der Waals surface area contributed by atoms with Crippen molar-refractivity contribution < 1.29 is 9.53 Å². The first kappa shape index (κ1) is 20.9. The minimum atomic E-state index is 0.305. The fourth-order valence-corrected chi connectivity index (χ4v) is 5.43. The zero-order valence-corrected chi connectivity index (χ0v) is 18.9. The van der Waals surface area contributed by atoms with Crippen LogP contribution < -0.4 is 0 Å². The molecule has 1 aliphatic heterocycles. The first-order chi connectivity index (χ1) is 13.8. The van der Waals surface area contributed by atoms with Crippen LogP contribution in [0, 0.1) is 31.6 Å². The monoisotopic (exact) mass is 402 g/mol. The van der Waals surface area contributed by atoms with Gasteiger partial charge in [-0.05, 0) is 83.4 Å². The number of likely N-dealkylation sites (N-methyl/N-ethyl adjacent to an activating group) is 1. The van der Waals surface area contributed by atoms with Gasteiger partial charge in [0.05, 0.1) is 11.8 Å². The molecule has 3 fully saturated rings. The van der Waals surface area contributed by atoms with Crippen molar-refractivity contribution in [3.8, 4) is 0 Å². The third kappa shape index (κ3) is 4.53. The molecule has 0 N–H and O–H groups in total. The number of fused-ring (bicyclic) bond motifs is 1. The van der Waals surface area contributed by atoms with Gasteiger partial charge in [0.1, 0.15) is 0 Å². The van der Waals surface area contributed by atoms with Crippen LogP contribution in [0.4, 0.5) is 0 Å². The Balaban J connectivity index is 1.33. The SMILES string of the molecule is Cc1nn(C)c(C)c1CCC(=O)N1C[C@H]2C[C@@H](N(C)C)[C@H](OCC3CC3)C[C@H]2C1. The van der Waals surface area contributed by atoms with Crippen LogP contribution in [-0.2, 0) is 23.0 Å². The number of amides is 1. The molecule has 0 unspecified atom stereocenters. The van der Waals surface area contributed by atoms with Gasteiger partial charge in [-0.15, -0.1) is 0 Å². The molecule has 2 aliphatic carbocycles. The second-order valence-corrected chi connectivity index (χ2v) is 9.91. The molecule has 2 heterocycles. The van der Waals surface area contributed by atoms with Crippen molar-refractivity contribution in [3.05, 3.63) is 17.0 Å². The molecule has 0 bridgehead atoms. The molecular formula is C23H38N4O2. The van der Waals surface area contributed by atoms with E-state index < -0.39 is 0 Å². The van der Waals surface area contributed by atoms with Gasteiger partial charge in [0.15, 0.2) is 0 Å². The van der Waals surface area contributed by atoms with Crippen molar-refractivity contribution in [3.63, 3.8) is 0 Å². The van der Waals surface area contributed by atoms with Crippen LogP contribution in [0.1, 0.15) is 49.1 Å². The Kier molecular flexibility index (Phi) is 6.03. The smallest absolute Gasteiger partial charge is 0.222 e. The molecule has 1 aromatic heterocycles. The Morgan fingerprint density at radius 2 is 1.86 bits per heavy atom. The van der Waals surface area contributed by atoms with Gasteiger partial charge in [-0.3, -0.25) is 9.48 Å². The maximum absolute atomic E-state index is 13.0. The zero-order valence-electron chi connectivity index (χ0n) is 18.9. The van der Waals surface area contributed by atoms with Crippen LogP contribution in [-0.4, -0.2) is 71.4 Å². The van der Waals surface area contributed by atoms with Gasteiger partial charge in [0.2, 0.25) is 5.91 Å². The largest absolute Gasteiger partial charge is 0.376 e. The number of ether oxygens (including phenoxy) is 1. The highest BCUT2D eigenvalue weighted by Crippen LogP contribution is 2.40. The molecule has 2 saturated carbocycles. The number of hydrogen-bond donors (Lipinski definition) is 0. The summed E-state index contributed by atoms with van der Waals surface area (Å²) in [7, 11) is 6.32. The van der Waals surface area contributed by atoms with E-state index in [4.69, 9.17) is 4.74 Å². The lowest BCUT2D eigenvalue weighted by atomic mass is 9.77. The molecule has 1 aromatic rings. The molecule has 162 valence electrons. The van der Waals surface area contributed by atoms with Crippen molar-refractivity contribution in [2.24, 2.45) is 24.8 Å². The van der Waals surface area contributed by atoms with Crippen molar-refractivity contribution in [1.82, 2.24) is 19.6 Å². The van der Waals surface area contributed by atoms with Crippen LogP contribution in [0.25, 0.3) is 0 Å². The Morgan fingerprint density at radius 1 is 1.17 bits per heavy atom. The topological polar surface area (TPSA) is 50.6 Å². The molecule has 1 amide bonds. The third-order valence-electron chi connectivity index (χ3n) is 7.59. The van der Waals surface area contributed by atoms with Crippen LogP contribution in [0.15, 0.2) is 0 Å². The lowest BCUT2D eigenvalue weighted by Gasteiger charge is -2.41. The van der Waals surface area contributed by atoms with E-state index >= 15 is 0 Å². The van der Waals surface area contributed by atoms with Gasteiger partial charge in [-0.1, -0.05) is 0 Å². The van der Waals surface area contributed by atoms with E-state index in [1.54, 1.807) is 0 Å². The van der Waals surface area contributed by atoms with Gasteiger partial charge in [0, 0.05) is 44.9 Å². The van der Waals surface area contributed by atoms with Crippen LogP contribution in [0.3, 0.4) is 0 Å². The highest BCUT2D eigenvalue weighted by atomic mass is 16.5. The van der Waals surface area contributed by atoms with Crippen LogP contribution >= 0.6 is 0 Å². The number of carbonyl (C=O) groups is 1. The van der Waals surface area contributed by atoms with Gasteiger partial charge in [-0.25, -0.2) is 0 Å². The van der Waals surface area contributed by atoms with Crippen molar-refractivity contribution >= 4 is 5.91 Å². The summed E-state index contributed by atoms with van der Waals surface area (Å²) in [4.78, 5) is 17.4. The van der Waals surface area contributed by atoms with Crippen LogP contribution in [0.5, 0.6) is 0 Å². The number of aromatic nitrogens is 2. The lowest BCUT2D eigenvalue weighted by molar-refractivity contribution is -0.130. The van der Waals surface area contributed by atoms with E-state index in [2.05, 4.69) is 35.9 Å². The van der Waals surface area contributed by atoms with E-state index in [1.165, 1.54) is 24.1 Å². The standard InChI is InChI=1S/C23H38N4O2/c1-15-20(16(2)26(5)24-15)8-9-23(28)27-12-18-10-21(25(3)4)22(11-19(18)13-27)29-14-17-6-7-17/h17-19,21-22H,6-14H2,1-5H3/t18-,19+,21-,22-/m1/s1. The number of rotatable bonds is 7. The number of carbonyl (C=O) groups excluding carboxylic acids is 1. The normalized spacial score (nSPS) is 29.5. The maximum Gasteiger partial charge on any atom is 0.222 e. The van der Waals surface area contributed by atoms with E-state index in [1.807, 2.05) is 18.7 Å². The van der Waals surface area contributed by atoms with Gasteiger partial charge in [0.25, 0.3) is 0 Å². The quantitative estimate of drug-likeness (QED) is 0.703. The first-order valence-electron chi connectivity index (χ1n) is 11.4. The third-order valence-corrected chi connectivity index (χ3v) is 7.59. The van der Waals surface area contributed by atoms with Crippen molar-refractivity contribution in [1.29, 1.82) is 0 Å². The summed E-state index contributed by atoms with van der Waals surface area (Å²) >= 11 is 0. The van der Waals surface area contributed by atoms with Gasteiger partial charge < -0.3 is 14.5 Å². The summed E-state index contributed by atoms with van der Waals surface area (Å²) in [6, 6.07) is 0.478. The highest BCUT2D eigenvalue weighted by molar-refractivity contribution is 5.77. The van der Waals surface area contributed by atoms with Gasteiger partial charge in [-0.2, -0.15) is 5.10 Å². The number of aryl methyl sites for hydroxylation is 2. The van der Waals surface area contributed by atoms with Crippen LogP contribution in [0.2, 0.25) is 0 Å². The minimum absolute atomic E-state index is 0.305. The lowest BCUT2D eigenvalue weighted by Crippen LogP contribution is -2.48. The second kappa shape index (κ2) is 8.38. The van der Waals surface area contributed by atoms with E-state index in [-0.39, 0.29) is 0 Å². The molecule has 29 heavy (non-hydrogen) atoms. The molecule has 0 aromatic carbocycles.